The number of hydrogen-bond acceptors (Lipinski definition) is 5. The molecule has 0 spiro atoms. The first-order valence-corrected chi connectivity index (χ1v) is 8.52. The van der Waals surface area contributed by atoms with Gasteiger partial charge in [0, 0.05) is 30.2 Å². The molecule has 10 heteroatoms. The number of aliphatic carboxylic acids is 1. The van der Waals surface area contributed by atoms with Crippen LogP contribution >= 0.6 is 0 Å². The molecular formula is C17H21N7O3. The fourth-order valence-electron chi connectivity index (χ4n) is 2.75. The topological polar surface area (TPSA) is 120 Å². The Morgan fingerprint density at radius 2 is 2.04 bits per heavy atom. The molecule has 3 aromatic rings. The number of carboxylic acids is 1. The molecule has 0 fully saturated rings. The van der Waals surface area contributed by atoms with Crippen LogP contribution in [0.5, 0.6) is 0 Å². The summed E-state index contributed by atoms with van der Waals surface area (Å²) in [7, 11) is 0. The van der Waals surface area contributed by atoms with E-state index in [0.717, 1.165) is 17.8 Å². The average molecular weight is 371 g/mol. The van der Waals surface area contributed by atoms with Gasteiger partial charge >= 0.3 is 5.97 Å². The van der Waals surface area contributed by atoms with Crippen LogP contribution in [-0.4, -0.2) is 46.3 Å². The molecule has 1 unspecified atom stereocenters. The van der Waals surface area contributed by atoms with Crippen molar-refractivity contribution in [3.05, 3.63) is 47.8 Å². The summed E-state index contributed by atoms with van der Waals surface area (Å²) in [4.78, 5) is 23.6. The summed E-state index contributed by atoms with van der Waals surface area (Å²) >= 11 is 0. The predicted molar refractivity (Wildman–Crippen MR) is 96.5 cm³/mol. The summed E-state index contributed by atoms with van der Waals surface area (Å²) in [5, 5.41) is 24.3. The van der Waals surface area contributed by atoms with E-state index in [1.165, 1.54) is 23.9 Å². The monoisotopic (exact) mass is 371 g/mol. The van der Waals surface area contributed by atoms with E-state index in [1.807, 2.05) is 24.7 Å². The minimum atomic E-state index is -1.07. The fourth-order valence-corrected chi connectivity index (χ4v) is 2.75. The molecule has 10 nitrogen and oxygen atoms in total. The summed E-state index contributed by atoms with van der Waals surface area (Å²) in [6.45, 7) is 6.83. The second kappa shape index (κ2) is 7.44. The highest BCUT2D eigenvalue weighted by molar-refractivity contribution is 6.03. The number of carbonyl (C=O) groups is 2. The van der Waals surface area contributed by atoms with Crippen molar-refractivity contribution in [2.24, 2.45) is 0 Å². The summed E-state index contributed by atoms with van der Waals surface area (Å²) in [6, 6.07) is 0.531. The number of carboxylic acid groups (broad SMARTS) is 1. The van der Waals surface area contributed by atoms with Gasteiger partial charge in [-0.1, -0.05) is 0 Å². The molecule has 0 aliphatic carbocycles. The number of aromatic nitrogens is 6. The van der Waals surface area contributed by atoms with Crippen LogP contribution in [0.2, 0.25) is 0 Å². The Hall–Kier alpha value is -3.43. The van der Waals surface area contributed by atoms with Crippen molar-refractivity contribution in [3.63, 3.8) is 0 Å². The van der Waals surface area contributed by atoms with E-state index in [0.29, 0.717) is 12.2 Å². The lowest BCUT2D eigenvalue weighted by molar-refractivity contribution is -0.140. The largest absolute Gasteiger partial charge is 0.480 e. The molecule has 0 aliphatic rings. The molecule has 3 rings (SSSR count). The number of carbonyl (C=O) groups excluding carboxylic acids is 1. The highest BCUT2D eigenvalue weighted by atomic mass is 16.4. The maximum absolute atomic E-state index is 12.5. The van der Waals surface area contributed by atoms with E-state index in [-0.39, 0.29) is 5.69 Å². The van der Waals surface area contributed by atoms with Crippen molar-refractivity contribution in [3.8, 4) is 0 Å². The van der Waals surface area contributed by atoms with Gasteiger partial charge in [0.1, 0.15) is 11.7 Å². The van der Waals surface area contributed by atoms with E-state index in [1.54, 1.807) is 17.1 Å². The second-order valence-corrected chi connectivity index (χ2v) is 6.13. The van der Waals surface area contributed by atoms with E-state index in [9.17, 15) is 9.59 Å². The Kier molecular flexibility index (Phi) is 5.06. The third-order valence-corrected chi connectivity index (χ3v) is 4.36. The standard InChI is InChI=1S/C17H21N7O3/c1-4-23-11(2)13(7-20-23)9-22-10-14(8-19-22)21-16(25)15-5-6-18-24(15)12(3)17(26)27/h5-8,10,12H,4,9H2,1-3H3,(H,21,25)(H,26,27). The molecule has 142 valence electrons. The van der Waals surface area contributed by atoms with Gasteiger partial charge in [-0.25, -0.2) is 9.48 Å². The van der Waals surface area contributed by atoms with Crippen LogP contribution in [-0.2, 0) is 17.9 Å². The van der Waals surface area contributed by atoms with Crippen molar-refractivity contribution in [1.82, 2.24) is 29.3 Å². The Bertz CT molecular complexity index is 969. The third kappa shape index (κ3) is 3.73. The Balaban J connectivity index is 1.71. The van der Waals surface area contributed by atoms with Crippen molar-refractivity contribution in [1.29, 1.82) is 0 Å². The Labute approximate surface area is 155 Å². The summed E-state index contributed by atoms with van der Waals surface area (Å²) in [5.41, 5.74) is 2.80. The zero-order valence-corrected chi connectivity index (χ0v) is 15.3. The van der Waals surface area contributed by atoms with Crippen LogP contribution in [0.4, 0.5) is 5.69 Å². The number of nitrogens with one attached hydrogen (secondary N) is 1. The first kappa shape index (κ1) is 18.4. The van der Waals surface area contributed by atoms with Crippen LogP contribution < -0.4 is 5.32 Å². The van der Waals surface area contributed by atoms with Crippen molar-refractivity contribution < 1.29 is 14.7 Å². The van der Waals surface area contributed by atoms with E-state index in [4.69, 9.17) is 5.11 Å². The molecule has 0 aromatic carbocycles. The average Bonchev–Trinajstić information content (AvgIpc) is 3.36. The lowest BCUT2D eigenvalue weighted by Gasteiger charge is -2.10. The van der Waals surface area contributed by atoms with Gasteiger partial charge in [0.2, 0.25) is 0 Å². The number of rotatable bonds is 7. The molecule has 1 atom stereocenters. The van der Waals surface area contributed by atoms with Gasteiger partial charge in [0.25, 0.3) is 5.91 Å². The van der Waals surface area contributed by atoms with Crippen LogP contribution in [0.15, 0.2) is 30.9 Å². The van der Waals surface area contributed by atoms with Gasteiger partial charge in [-0.15, -0.1) is 0 Å². The fraction of sp³-hybridized carbons (Fsp3) is 0.353. The van der Waals surface area contributed by atoms with Crippen LogP contribution in [0.25, 0.3) is 0 Å². The van der Waals surface area contributed by atoms with Crippen molar-refractivity contribution in [2.45, 2.75) is 39.9 Å². The maximum atomic E-state index is 12.5. The molecule has 27 heavy (non-hydrogen) atoms. The molecule has 2 N–H and O–H groups in total. The third-order valence-electron chi connectivity index (χ3n) is 4.36. The summed E-state index contributed by atoms with van der Waals surface area (Å²) in [5.74, 6) is -1.52. The van der Waals surface area contributed by atoms with Gasteiger partial charge in [-0.2, -0.15) is 15.3 Å². The van der Waals surface area contributed by atoms with Gasteiger partial charge < -0.3 is 10.4 Å². The van der Waals surface area contributed by atoms with E-state index < -0.39 is 17.9 Å². The van der Waals surface area contributed by atoms with Gasteiger partial charge in [-0.3, -0.25) is 14.2 Å². The number of hydrogen-bond donors (Lipinski definition) is 2. The zero-order chi connectivity index (χ0) is 19.6. The van der Waals surface area contributed by atoms with Gasteiger partial charge in [0.15, 0.2) is 0 Å². The molecule has 0 radical (unpaired) electrons. The normalized spacial score (nSPS) is 12.1. The van der Waals surface area contributed by atoms with Gasteiger partial charge in [-0.05, 0) is 26.8 Å². The minimum absolute atomic E-state index is 0.165. The molecular weight excluding hydrogens is 350 g/mol. The first-order valence-electron chi connectivity index (χ1n) is 8.52. The lowest BCUT2D eigenvalue weighted by atomic mass is 10.2. The van der Waals surface area contributed by atoms with Crippen LogP contribution in [0.3, 0.4) is 0 Å². The molecule has 0 saturated carbocycles. The predicted octanol–water partition coefficient (Wildman–Crippen LogP) is 1.55. The number of amides is 1. The van der Waals surface area contributed by atoms with E-state index in [2.05, 4.69) is 20.6 Å². The molecule has 1 amide bonds. The smallest absolute Gasteiger partial charge is 0.328 e. The van der Waals surface area contributed by atoms with E-state index >= 15 is 0 Å². The van der Waals surface area contributed by atoms with Crippen LogP contribution in [0, 0.1) is 6.92 Å². The van der Waals surface area contributed by atoms with Crippen molar-refractivity contribution in [2.75, 3.05) is 5.32 Å². The molecule has 0 bridgehead atoms. The Morgan fingerprint density at radius 3 is 2.70 bits per heavy atom. The van der Waals surface area contributed by atoms with Crippen LogP contribution in [0.1, 0.15) is 41.6 Å². The van der Waals surface area contributed by atoms with Gasteiger partial charge in [0.05, 0.1) is 24.6 Å². The maximum Gasteiger partial charge on any atom is 0.328 e. The summed E-state index contributed by atoms with van der Waals surface area (Å²) < 4.78 is 4.79. The highest BCUT2D eigenvalue weighted by Gasteiger charge is 2.21. The zero-order valence-electron chi connectivity index (χ0n) is 15.3. The molecule has 0 aliphatic heterocycles. The van der Waals surface area contributed by atoms with Crippen molar-refractivity contribution >= 4 is 17.6 Å². The number of nitrogens with zero attached hydrogens (tertiary/aromatic N) is 6. The molecule has 3 heterocycles. The Morgan fingerprint density at radius 1 is 1.26 bits per heavy atom. The summed E-state index contributed by atoms with van der Waals surface area (Å²) in [6.07, 6.45) is 6.46. The second-order valence-electron chi connectivity index (χ2n) is 6.13. The number of aryl methyl sites for hydroxylation is 1. The number of anilines is 1. The quantitative estimate of drug-likeness (QED) is 0.650. The molecule has 0 saturated heterocycles. The highest BCUT2D eigenvalue weighted by Crippen LogP contribution is 2.14. The lowest BCUT2D eigenvalue weighted by Crippen LogP contribution is -2.24. The minimum Gasteiger partial charge on any atom is -0.480 e. The molecule has 3 aromatic heterocycles. The SMILES string of the molecule is CCn1ncc(Cn2cc(NC(=O)c3ccnn3C(C)C(=O)O)cn2)c1C. The first-order chi connectivity index (χ1) is 12.9.